The first-order valence-electron chi connectivity index (χ1n) is 7.65. The van der Waals surface area contributed by atoms with Crippen molar-refractivity contribution in [3.8, 4) is 0 Å². The number of piperidine rings is 1. The maximum Gasteiger partial charge on any atom is 0.393 e. The van der Waals surface area contributed by atoms with E-state index in [1.165, 1.54) is 0 Å². The van der Waals surface area contributed by atoms with E-state index in [0.29, 0.717) is 6.42 Å². The van der Waals surface area contributed by atoms with E-state index in [2.05, 4.69) is 33.0 Å². The molecule has 1 aliphatic rings. The van der Waals surface area contributed by atoms with E-state index >= 15 is 0 Å². The molecule has 0 saturated carbocycles. The molecule has 0 amide bonds. The molecular formula is C15H29F3N2. The normalized spacial score (nSPS) is 23.9. The van der Waals surface area contributed by atoms with Crippen molar-refractivity contribution < 1.29 is 13.2 Å². The molecule has 2 atom stereocenters. The van der Waals surface area contributed by atoms with E-state index in [9.17, 15) is 13.2 Å². The molecule has 1 N–H and O–H groups in total. The predicted octanol–water partition coefficient (Wildman–Crippen LogP) is 3.82. The van der Waals surface area contributed by atoms with Crippen molar-refractivity contribution in [3.05, 3.63) is 0 Å². The molecule has 0 aromatic rings. The van der Waals surface area contributed by atoms with Gasteiger partial charge in [-0.05, 0) is 66.5 Å². The molecule has 0 aromatic carbocycles. The summed E-state index contributed by atoms with van der Waals surface area (Å²) in [5.74, 6) is -1.13. The smallest absolute Gasteiger partial charge is 0.312 e. The van der Waals surface area contributed by atoms with Crippen LogP contribution < -0.4 is 5.32 Å². The highest BCUT2D eigenvalue weighted by atomic mass is 19.4. The fraction of sp³-hybridized carbons (Fsp3) is 1.00. The number of alkyl halides is 3. The maximum atomic E-state index is 12.8. The first-order chi connectivity index (χ1) is 9.09. The lowest BCUT2D eigenvalue weighted by Crippen LogP contribution is -2.46. The minimum absolute atomic E-state index is 0.107. The molecule has 1 aliphatic heterocycles. The molecule has 1 heterocycles. The topological polar surface area (TPSA) is 15.3 Å². The molecule has 2 unspecified atom stereocenters. The van der Waals surface area contributed by atoms with Crippen LogP contribution in [0.15, 0.2) is 0 Å². The Labute approximate surface area is 121 Å². The Kier molecular flexibility index (Phi) is 6.32. The van der Waals surface area contributed by atoms with Crippen LogP contribution >= 0.6 is 0 Å². The van der Waals surface area contributed by atoms with Crippen LogP contribution in [0.3, 0.4) is 0 Å². The Morgan fingerprint density at radius 3 is 2.45 bits per heavy atom. The molecule has 5 heteroatoms. The van der Waals surface area contributed by atoms with E-state index in [1.54, 1.807) is 0 Å². The quantitative estimate of drug-likeness (QED) is 0.776. The maximum absolute atomic E-state index is 12.8. The molecule has 20 heavy (non-hydrogen) atoms. The lowest BCUT2D eigenvalue weighted by molar-refractivity contribution is -0.188. The third kappa shape index (κ3) is 6.44. The van der Waals surface area contributed by atoms with Crippen LogP contribution in [0.1, 0.15) is 53.4 Å². The highest BCUT2D eigenvalue weighted by Crippen LogP contribution is 2.33. The van der Waals surface area contributed by atoms with Gasteiger partial charge in [0.05, 0.1) is 5.92 Å². The number of rotatable bonds is 5. The average Bonchev–Trinajstić information content (AvgIpc) is 2.32. The van der Waals surface area contributed by atoms with Gasteiger partial charge in [0.2, 0.25) is 0 Å². The predicted molar refractivity (Wildman–Crippen MR) is 76.8 cm³/mol. The zero-order valence-electron chi connectivity index (χ0n) is 13.2. The Morgan fingerprint density at radius 1 is 1.25 bits per heavy atom. The number of hydrogen-bond donors (Lipinski definition) is 1. The standard InChI is InChI=1S/C15H29F3N2/c1-12(7-5-9-19-14(2,3)4)20-10-6-8-13(11-20)15(16,17)18/h12-13,19H,5-11H2,1-4H3. The van der Waals surface area contributed by atoms with Crippen LogP contribution in [0.5, 0.6) is 0 Å². The van der Waals surface area contributed by atoms with Crippen LogP contribution in [-0.4, -0.2) is 42.3 Å². The van der Waals surface area contributed by atoms with Crippen LogP contribution in [0.25, 0.3) is 0 Å². The Balaban J connectivity index is 2.30. The molecular weight excluding hydrogens is 265 g/mol. The monoisotopic (exact) mass is 294 g/mol. The number of halogens is 3. The van der Waals surface area contributed by atoms with Crippen LogP contribution in [0, 0.1) is 5.92 Å². The van der Waals surface area contributed by atoms with Gasteiger partial charge in [-0.1, -0.05) is 0 Å². The molecule has 0 radical (unpaired) electrons. The van der Waals surface area contributed by atoms with Crippen LogP contribution in [0.4, 0.5) is 13.2 Å². The molecule has 120 valence electrons. The van der Waals surface area contributed by atoms with Crippen molar-refractivity contribution in [1.82, 2.24) is 10.2 Å². The molecule has 0 bridgehead atoms. The van der Waals surface area contributed by atoms with Gasteiger partial charge in [0, 0.05) is 18.1 Å². The third-order valence-electron chi connectivity index (χ3n) is 3.99. The van der Waals surface area contributed by atoms with Gasteiger partial charge in [0.25, 0.3) is 0 Å². The van der Waals surface area contributed by atoms with Gasteiger partial charge in [0.1, 0.15) is 0 Å². The lowest BCUT2D eigenvalue weighted by atomic mass is 9.95. The summed E-state index contributed by atoms with van der Waals surface area (Å²) in [5, 5.41) is 3.41. The van der Waals surface area contributed by atoms with Gasteiger partial charge in [-0.3, -0.25) is 0 Å². The van der Waals surface area contributed by atoms with Gasteiger partial charge in [-0.2, -0.15) is 13.2 Å². The van der Waals surface area contributed by atoms with Gasteiger partial charge in [-0.15, -0.1) is 0 Å². The Hall–Kier alpha value is -0.290. The fourth-order valence-electron chi connectivity index (χ4n) is 2.72. The lowest BCUT2D eigenvalue weighted by Gasteiger charge is -2.37. The minimum atomic E-state index is -4.04. The van der Waals surface area contributed by atoms with E-state index in [-0.39, 0.29) is 24.5 Å². The second-order valence-electron chi connectivity index (χ2n) is 7.04. The molecule has 0 aliphatic carbocycles. The van der Waals surface area contributed by atoms with E-state index in [4.69, 9.17) is 0 Å². The summed E-state index contributed by atoms with van der Waals surface area (Å²) >= 11 is 0. The summed E-state index contributed by atoms with van der Waals surface area (Å²) in [4.78, 5) is 2.01. The molecule has 2 nitrogen and oxygen atoms in total. The molecule has 1 rings (SSSR count). The third-order valence-corrected chi connectivity index (χ3v) is 3.99. The second-order valence-corrected chi connectivity index (χ2v) is 7.04. The van der Waals surface area contributed by atoms with Crippen molar-refractivity contribution in [2.24, 2.45) is 5.92 Å². The zero-order chi connectivity index (χ0) is 15.4. The first kappa shape index (κ1) is 17.8. The first-order valence-corrected chi connectivity index (χ1v) is 7.65. The van der Waals surface area contributed by atoms with E-state index in [1.807, 2.05) is 4.90 Å². The van der Waals surface area contributed by atoms with Crippen molar-refractivity contribution in [2.45, 2.75) is 71.1 Å². The summed E-state index contributed by atoms with van der Waals surface area (Å²) in [7, 11) is 0. The number of nitrogens with zero attached hydrogens (tertiary/aromatic N) is 1. The number of hydrogen-bond acceptors (Lipinski definition) is 2. The van der Waals surface area contributed by atoms with Gasteiger partial charge >= 0.3 is 6.18 Å². The summed E-state index contributed by atoms with van der Waals surface area (Å²) in [6, 6.07) is 0.238. The SMILES string of the molecule is CC(CCCNC(C)(C)C)N1CCCC(C(F)(F)F)C1. The molecule has 0 spiro atoms. The summed E-state index contributed by atoms with van der Waals surface area (Å²) in [5.41, 5.74) is 0.107. The van der Waals surface area contributed by atoms with Crippen LogP contribution in [-0.2, 0) is 0 Å². The minimum Gasteiger partial charge on any atom is -0.312 e. The number of likely N-dealkylation sites (tertiary alicyclic amines) is 1. The molecule has 0 aromatic heterocycles. The van der Waals surface area contributed by atoms with Crippen molar-refractivity contribution >= 4 is 0 Å². The van der Waals surface area contributed by atoms with Gasteiger partial charge < -0.3 is 10.2 Å². The Morgan fingerprint density at radius 2 is 1.90 bits per heavy atom. The van der Waals surface area contributed by atoms with Crippen molar-refractivity contribution in [2.75, 3.05) is 19.6 Å². The van der Waals surface area contributed by atoms with Crippen molar-refractivity contribution in [1.29, 1.82) is 0 Å². The highest BCUT2D eigenvalue weighted by Gasteiger charge is 2.42. The van der Waals surface area contributed by atoms with E-state index in [0.717, 1.165) is 25.9 Å². The van der Waals surface area contributed by atoms with E-state index < -0.39 is 12.1 Å². The van der Waals surface area contributed by atoms with Gasteiger partial charge in [0.15, 0.2) is 0 Å². The average molecular weight is 294 g/mol. The highest BCUT2D eigenvalue weighted by molar-refractivity contribution is 4.81. The summed E-state index contributed by atoms with van der Waals surface area (Å²) in [6.07, 6.45) is -1.13. The molecule has 1 saturated heterocycles. The largest absolute Gasteiger partial charge is 0.393 e. The summed E-state index contributed by atoms with van der Waals surface area (Å²) < 4.78 is 38.3. The van der Waals surface area contributed by atoms with Crippen molar-refractivity contribution in [3.63, 3.8) is 0 Å². The van der Waals surface area contributed by atoms with Gasteiger partial charge in [-0.25, -0.2) is 0 Å². The summed E-state index contributed by atoms with van der Waals surface area (Å²) in [6.45, 7) is 10.3. The van der Waals surface area contributed by atoms with Crippen LogP contribution in [0.2, 0.25) is 0 Å². The second kappa shape index (κ2) is 7.12. The number of nitrogens with one attached hydrogen (secondary N) is 1. The Bertz CT molecular complexity index is 284. The molecule has 1 fully saturated rings. The zero-order valence-corrected chi connectivity index (χ0v) is 13.2. The fourth-order valence-corrected chi connectivity index (χ4v) is 2.72.